The molecule has 0 radical (unpaired) electrons. The van der Waals surface area contributed by atoms with Crippen molar-refractivity contribution >= 4 is 53.0 Å². The van der Waals surface area contributed by atoms with Gasteiger partial charge in [0.2, 0.25) is 10.0 Å². The molecular weight excluding hydrogens is 496 g/mol. The summed E-state index contributed by atoms with van der Waals surface area (Å²) in [6, 6.07) is 16.8. The Balaban J connectivity index is 1.53. The van der Waals surface area contributed by atoms with Crippen molar-refractivity contribution in [2.75, 3.05) is 11.3 Å². The molecule has 0 saturated carbocycles. The van der Waals surface area contributed by atoms with Gasteiger partial charge in [-0.05, 0) is 69.9 Å². The molecule has 2 aromatic carbocycles. The number of hydrogen-bond donors (Lipinski definition) is 1. The van der Waals surface area contributed by atoms with E-state index in [-0.39, 0.29) is 9.10 Å². The lowest BCUT2D eigenvalue weighted by molar-refractivity contribution is 0.391. The summed E-state index contributed by atoms with van der Waals surface area (Å²) >= 11 is 4.34. The summed E-state index contributed by atoms with van der Waals surface area (Å²) < 4.78 is 55.6. The third kappa shape index (κ3) is 4.26. The molecule has 1 aliphatic rings. The van der Waals surface area contributed by atoms with Gasteiger partial charge in [0.25, 0.3) is 10.0 Å². The zero-order valence-electron chi connectivity index (χ0n) is 15.1. The summed E-state index contributed by atoms with van der Waals surface area (Å²) in [4.78, 5) is 0.138. The number of rotatable bonds is 5. The predicted octanol–water partition coefficient (Wildman–Crippen LogP) is 4.06. The normalized spacial score (nSPS) is 15.1. The van der Waals surface area contributed by atoms with Crippen LogP contribution < -0.4 is 4.72 Å². The summed E-state index contributed by atoms with van der Waals surface area (Å²) in [6.45, 7) is 0.751. The fourth-order valence-corrected chi connectivity index (χ4v) is 7.65. The fraction of sp³-hybridized carbons (Fsp3) is 0.158. The molecule has 0 fully saturated rings. The molecule has 10 heteroatoms. The largest absolute Gasteiger partial charge is 0.279 e. The second-order valence-corrected chi connectivity index (χ2v) is 12.9. The Morgan fingerprint density at radius 3 is 2.24 bits per heavy atom. The van der Waals surface area contributed by atoms with Crippen LogP contribution in [-0.4, -0.2) is 27.7 Å². The minimum absolute atomic E-state index is 0.138. The average Bonchev–Trinajstić information content (AvgIpc) is 3.15. The number of benzene rings is 2. The van der Waals surface area contributed by atoms with Crippen molar-refractivity contribution in [3.8, 4) is 0 Å². The van der Waals surface area contributed by atoms with E-state index in [2.05, 4.69) is 20.7 Å². The first-order valence-corrected chi connectivity index (χ1v) is 13.2. The second kappa shape index (κ2) is 7.84. The highest BCUT2D eigenvalue weighted by atomic mass is 79.9. The van der Waals surface area contributed by atoms with Gasteiger partial charge in [-0.2, -0.15) is 4.31 Å². The van der Waals surface area contributed by atoms with Gasteiger partial charge in [-0.1, -0.05) is 24.3 Å². The van der Waals surface area contributed by atoms with E-state index in [1.807, 2.05) is 24.3 Å². The maximum absolute atomic E-state index is 13.0. The molecule has 4 rings (SSSR count). The van der Waals surface area contributed by atoms with Crippen molar-refractivity contribution in [3.05, 3.63) is 75.6 Å². The van der Waals surface area contributed by atoms with Crippen molar-refractivity contribution in [1.29, 1.82) is 0 Å². The summed E-state index contributed by atoms with van der Waals surface area (Å²) in [5.41, 5.74) is 2.48. The number of anilines is 1. The van der Waals surface area contributed by atoms with Crippen LogP contribution in [0.25, 0.3) is 0 Å². The molecular formula is C19H17BrN2O4S3. The Morgan fingerprint density at radius 1 is 0.897 bits per heavy atom. The molecule has 1 N–H and O–H groups in total. The number of fused-ring (bicyclic) bond motifs is 1. The Kier molecular flexibility index (Phi) is 5.56. The standard InChI is InChI=1S/C19H17BrN2O4S3/c20-18-9-10-19(27-18)28(23,24)21-16-5-7-17(8-6-16)29(25,26)22-12-11-14-3-1-2-4-15(14)13-22/h1-10,21H,11-13H2. The molecule has 0 saturated heterocycles. The molecule has 1 aromatic heterocycles. The van der Waals surface area contributed by atoms with E-state index in [4.69, 9.17) is 0 Å². The van der Waals surface area contributed by atoms with Crippen LogP contribution in [0.3, 0.4) is 0 Å². The van der Waals surface area contributed by atoms with Crippen LogP contribution in [-0.2, 0) is 33.0 Å². The van der Waals surface area contributed by atoms with Crippen molar-refractivity contribution in [2.24, 2.45) is 0 Å². The van der Waals surface area contributed by atoms with Crippen LogP contribution in [0.1, 0.15) is 11.1 Å². The summed E-state index contributed by atoms with van der Waals surface area (Å²) in [5.74, 6) is 0. The smallest absolute Gasteiger partial charge is 0.271 e. The second-order valence-electron chi connectivity index (χ2n) is 6.55. The topological polar surface area (TPSA) is 83.5 Å². The molecule has 0 aliphatic carbocycles. The summed E-state index contributed by atoms with van der Waals surface area (Å²) in [5, 5.41) is 0. The lowest BCUT2D eigenvalue weighted by Crippen LogP contribution is -2.35. The van der Waals surface area contributed by atoms with Crippen molar-refractivity contribution in [3.63, 3.8) is 0 Å². The molecule has 0 atom stereocenters. The van der Waals surface area contributed by atoms with Crippen molar-refractivity contribution < 1.29 is 16.8 Å². The van der Waals surface area contributed by atoms with Crippen LogP contribution in [0.5, 0.6) is 0 Å². The molecule has 2 heterocycles. The number of halogens is 1. The van der Waals surface area contributed by atoms with Crippen LogP contribution in [0.15, 0.2) is 73.6 Å². The summed E-state index contributed by atoms with van der Waals surface area (Å²) in [6.07, 6.45) is 0.670. The maximum Gasteiger partial charge on any atom is 0.271 e. The number of thiophene rings is 1. The van der Waals surface area contributed by atoms with E-state index in [0.29, 0.717) is 29.0 Å². The Labute approximate surface area is 182 Å². The van der Waals surface area contributed by atoms with E-state index in [1.165, 1.54) is 40.2 Å². The highest BCUT2D eigenvalue weighted by molar-refractivity contribution is 9.11. The van der Waals surface area contributed by atoms with Gasteiger partial charge in [-0.15, -0.1) is 11.3 Å². The molecule has 0 bridgehead atoms. The third-order valence-corrected chi connectivity index (χ3v) is 10.0. The highest BCUT2D eigenvalue weighted by Crippen LogP contribution is 2.29. The molecule has 1 aliphatic heterocycles. The van der Waals surface area contributed by atoms with Crippen LogP contribution in [0.4, 0.5) is 5.69 Å². The van der Waals surface area contributed by atoms with Gasteiger partial charge in [0.15, 0.2) is 0 Å². The number of nitrogens with zero attached hydrogens (tertiary/aromatic N) is 1. The number of hydrogen-bond acceptors (Lipinski definition) is 5. The Morgan fingerprint density at radius 2 is 1.59 bits per heavy atom. The van der Waals surface area contributed by atoms with Gasteiger partial charge < -0.3 is 0 Å². The van der Waals surface area contributed by atoms with Crippen LogP contribution in [0, 0.1) is 0 Å². The van der Waals surface area contributed by atoms with Gasteiger partial charge in [0, 0.05) is 18.8 Å². The molecule has 0 amide bonds. The third-order valence-electron chi connectivity index (χ3n) is 4.65. The lowest BCUT2D eigenvalue weighted by atomic mass is 10.0. The van der Waals surface area contributed by atoms with E-state index in [0.717, 1.165) is 16.9 Å². The molecule has 29 heavy (non-hydrogen) atoms. The van der Waals surface area contributed by atoms with E-state index in [9.17, 15) is 16.8 Å². The molecule has 0 unspecified atom stereocenters. The van der Waals surface area contributed by atoms with E-state index < -0.39 is 20.0 Å². The van der Waals surface area contributed by atoms with Crippen molar-refractivity contribution in [2.45, 2.75) is 22.1 Å². The van der Waals surface area contributed by atoms with Gasteiger partial charge in [-0.3, -0.25) is 4.72 Å². The minimum Gasteiger partial charge on any atom is -0.279 e. The van der Waals surface area contributed by atoms with Crippen LogP contribution in [0.2, 0.25) is 0 Å². The van der Waals surface area contributed by atoms with Gasteiger partial charge in [-0.25, -0.2) is 16.8 Å². The number of nitrogens with one attached hydrogen (secondary N) is 1. The predicted molar refractivity (Wildman–Crippen MR) is 117 cm³/mol. The summed E-state index contributed by atoms with van der Waals surface area (Å²) in [7, 11) is -7.38. The van der Waals surface area contributed by atoms with Gasteiger partial charge >= 0.3 is 0 Å². The first-order valence-electron chi connectivity index (χ1n) is 8.71. The number of sulfonamides is 2. The van der Waals surface area contributed by atoms with Crippen LogP contribution >= 0.6 is 27.3 Å². The highest BCUT2D eigenvalue weighted by Gasteiger charge is 2.28. The zero-order valence-corrected chi connectivity index (χ0v) is 19.1. The van der Waals surface area contributed by atoms with Crippen molar-refractivity contribution in [1.82, 2.24) is 4.31 Å². The Hall–Kier alpha value is -1.72. The van der Waals surface area contributed by atoms with Gasteiger partial charge in [0.1, 0.15) is 4.21 Å². The molecule has 152 valence electrons. The first-order chi connectivity index (χ1) is 13.8. The monoisotopic (exact) mass is 512 g/mol. The maximum atomic E-state index is 13.0. The quantitative estimate of drug-likeness (QED) is 0.558. The minimum atomic E-state index is -3.72. The van der Waals surface area contributed by atoms with E-state index in [1.54, 1.807) is 6.07 Å². The lowest BCUT2D eigenvalue weighted by Gasteiger charge is -2.28. The first kappa shape index (κ1) is 20.5. The fourth-order valence-electron chi connectivity index (χ4n) is 3.17. The molecule has 3 aromatic rings. The molecule has 0 spiro atoms. The van der Waals surface area contributed by atoms with Gasteiger partial charge in [0.05, 0.1) is 8.68 Å². The zero-order chi connectivity index (χ0) is 20.6. The average molecular weight is 513 g/mol. The Bertz CT molecular complexity index is 1250. The molecule has 6 nitrogen and oxygen atoms in total. The van der Waals surface area contributed by atoms with E-state index >= 15 is 0 Å². The SMILES string of the molecule is O=S(=O)(Nc1ccc(S(=O)(=O)N2CCc3ccccc3C2)cc1)c1ccc(Br)s1.